The molecule has 0 amide bonds. The van der Waals surface area contributed by atoms with E-state index in [2.05, 4.69) is 11.8 Å². The summed E-state index contributed by atoms with van der Waals surface area (Å²) in [7, 11) is 0. The van der Waals surface area contributed by atoms with Crippen molar-refractivity contribution in [1.29, 1.82) is 0 Å². The summed E-state index contributed by atoms with van der Waals surface area (Å²) in [6, 6.07) is 15.0. The molecule has 1 saturated heterocycles. The fourth-order valence-electron chi connectivity index (χ4n) is 2.58. The molecule has 1 heterocycles. The minimum Gasteiger partial charge on any atom is -0.468 e. The highest BCUT2D eigenvalue weighted by molar-refractivity contribution is 5.84. The van der Waals surface area contributed by atoms with Crippen LogP contribution in [0.25, 0.3) is 10.8 Å². The van der Waals surface area contributed by atoms with Gasteiger partial charge in [0, 0.05) is 16.5 Å². The van der Waals surface area contributed by atoms with Crippen molar-refractivity contribution in [3.05, 3.63) is 77.4 Å². The molecule has 3 aromatic rings. The standard InChI is InChI=1S/C22H16F2O3/c23-21-10-6-17-11-16(5-9-20(17)22(21)24)2-1-15-3-7-18(8-4-15)27-14-25-12-19-13-26-19/h3-11,19H,12-14H2. The Morgan fingerprint density at radius 3 is 2.48 bits per heavy atom. The third kappa shape index (κ3) is 4.43. The second-order valence-corrected chi connectivity index (χ2v) is 6.16. The van der Waals surface area contributed by atoms with Gasteiger partial charge in [-0.15, -0.1) is 0 Å². The number of epoxide rings is 1. The average Bonchev–Trinajstić information content (AvgIpc) is 3.52. The molecule has 4 rings (SSSR count). The van der Waals surface area contributed by atoms with Crippen LogP contribution in [0.3, 0.4) is 0 Å². The summed E-state index contributed by atoms with van der Waals surface area (Å²) in [5.41, 5.74) is 1.55. The third-order valence-corrected chi connectivity index (χ3v) is 4.13. The summed E-state index contributed by atoms with van der Waals surface area (Å²) in [5.74, 6) is 5.09. The number of hydrogen-bond donors (Lipinski definition) is 0. The number of halogens is 2. The van der Waals surface area contributed by atoms with Crippen molar-refractivity contribution >= 4 is 10.8 Å². The van der Waals surface area contributed by atoms with Gasteiger partial charge in [0.05, 0.1) is 13.2 Å². The van der Waals surface area contributed by atoms with Crippen molar-refractivity contribution in [2.75, 3.05) is 20.0 Å². The quantitative estimate of drug-likeness (QED) is 0.292. The maximum absolute atomic E-state index is 13.7. The van der Waals surface area contributed by atoms with E-state index in [4.69, 9.17) is 14.2 Å². The highest BCUT2D eigenvalue weighted by Crippen LogP contribution is 2.21. The molecule has 1 fully saturated rings. The summed E-state index contributed by atoms with van der Waals surface area (Å²) in [6.07, 6.45) is 0.219. The van der Waals surface area contributed by atoms with Gasteiger partial charge in [-0.2, -0.15) is 0 Å². The molecule has 3 nitrogen and oxygen atoms in total. The molecule has 27 heavy (non-hydrogen) atoms. The van der Waals surface area contributed by atoms with Crippen LogP contribution >= 0.6 is 0 Å². The third-order valence-electron chi connectivity index (χ3n) is 4.13. The van der Waals surface area contributed by atoms with E-state index >= 15 is 0 Å². The van der Waals surface area contributed by atoms with Crippen LogP contribution < -0.4 is 4.74 Å². The number of hydrogen-bond acceptors (Lipinski definition) is 3. The van der Waals surface area contributed by atoms with E-state index in [0.717, 1.165) is 23.8 Å². The molecular weight excluding hydrogens is 350 g/mol. The molecule has 0 radical (unpaired) electrons. The molecular formula is C22H16F2O3. The van der Waals surface area contributed by atoms with Crippen molar-refractivity contribution in [1.82, 2.24) is 0 Å². The summed E-state index contributed by atoms with van der Waals surface area (Å²) < 4.78 is 42.8. The van der Waals surface area contributed by atoms with Crippen molar-refractivity contribution in [2.24, 2.45) is 0 Å². The van der Waals surface area contributed by atoms with Gasteiger partial charge in [-0.05, 0) is 47.9 Å². The van der Waals surface area contributed by atoms with E-state index in [-0.39, 0.29) is 18.3 Å². The number of rotatable bonds is 5. The van der Waals surface area contributed by atoms with E-state index in [0.29, 0.717) is 17.7 Å². The molecule has 136 valence electrons. The minimum absolute atomic E-state index is 0.180. The first-order chi connectivity index (χ1) is 13.2. The van der Waals surface area contributed by atoms with Crippen molar-refractivity contribution in [3.63, 3.8) is 0 Å². The van der Waals surface area contributed by atoms with E-state index in [9.17, 15) is 8.78 Å². The lowest BCUT2D eigenvalue weighted by atomic mass is 10.1. The molecule has 0 bridgehead atoms. The minimum atomic E-state index is -0.852. The van der Waals surface area contributed by atoms with E-state index in [1.54, 1.807) is 24.3 Å². The van der Waals surface area contributed by atoms with Crippen LogP contribution in [0.2, 0.25) is 0 Å². The molecule has 1 unspecified atom stereocenters. The van der Waals surface area contributed by atoms with Gasteiger partial charge in [-0.3, -0.25) is 0 Å². The maximum atomic E-state index is 13.7. The Bertz CT molecular complexity index is 1020. The number of fused-ring (bicyclic) bond motifs is 1. The largest absolute Gasteiger partial charge is 0.468 e. The van der Waals surface area contributed by atoms with Gasteiger partial charge in [0.15, 0.2) is 18.4 Å². The predicted octanol–water partition coefficient (Wildman–Crippen LogP) is 4.27. The van der Waals surface area contributed by atoms with Crippen LogP contribution in [-0.2, 0) is 9.47 Å². The molecule has 1 aliphatic heterocycles. The Morgan fingerprint density at radius 2 is 1.70 bits per heavy atom. The SMILES string of the molecule is Fc1ccc2cc(C#Cc3ccc(OCOCC4CO4)cc3)ccc2c1F. The highest BCUT2D eigenvalue weighted by atomic mass is 19.2. The normalized spacial score (nSPS) is 15.3. The summed E-state index contributed by atoms with van der Waals surface area (Å²) >= 11 is 0. The molecule has 0 aliphatic carbocycles. The molecule has 0 spiro atoms. The predicted molar refractivity (Wildman–Crippen MR) is 97.5 cm³/mol. The van der Waals surface area contributed by atoms with Crippen molar-refractivity contribution < 1.29 is 23.0 Å². The van der Waals surface area contributed by atoms with Gasteiger partial charge in [0.2, 0.25) is 0 Å². The molecule has 0 aromatic heterocycles. The summed E-state index contributed by atoms with van der Waals surface area (Å²) in [4.78, 5) is 0. The monoisotopic (exact) mass is 366 g/mol. The Balaban J connectivity index is 1.41. The molecule has 5 heteroatoms. The first kappa shape index (κ1) is 17.5. The van der Waals surface area contributed by atoms with E-state index in [1.165, 1.54) is 0 Å². The van der Waals surface area contributed by atoms with Crippen LogP contribution in [-0.4, -0.2) is 26.1 Å². The van der Waals surface area contributed by atoms with Crippen molar-refractivity contribution in [3.8, 4) is 17.6 Å². The van der Waals surface area contributed by atoms with Gasteiger partial charge < -0.3 is 14.2 Å². The second kappa shape index (κ2) is 7.75. The summed E-state index contributed by atoms with van der Waals surface area (Å²) in [6.45, 7) is 1.49. The highest BCUT2D eigenvalue weighted by Gasteiger charge is 2.22. The van der Waals surface area contributed by atoms with Gasteiger partial charge in [-0.25, -0.2) is 8.78 Å². The molecule has 0 saturated carbocycles. The van der Waals surface area contributed by atoms with Gasteiger partial charge in [-0.1, -0.05) is 24.0 Å². The molecule has 3 aromatic carbocycles. The van der Waals surface area contributed by atoms with Crippen LogP contribution in [0.1, 0.15) is 11.1 Å². The smallest absolute Gasteiger partial charge is 0.189 e. The Kier molecular flexibility index (Phi) is 5.01. The lowest BCUT2D eigenvalue weighted by molar-refractivity contribution is 0.00821. The van der Waals surface area contributed by atoms with Crippen molar-refractivity contribution in [2.45, 2.75) is 6.10 Å². The molecule has 1 atom stereocenters. The molecule has 1 aliphatic rings. The van der Waals surface area contributed by atoms with Crippen LogP contribution in [0.4, 0.5) is 8.78 Å². The van der Waals surface area contributed by atoms with Gasteiger partial charge >= 0.3 is 0 Å². The van der Waals surface area contributed by atoms with Crippen LogP contribution in [0, 0.1) is 23.5 Å². The lowest BCUT2D eigenvalue weighted by Gasteiger charge is -2.06. The fraction of sp³-hybridized carbons (Fsp3) is 0.182. The first-order valence-corrected chi connectivity index (χ1v) is 8.51. The van der Waals surface area contributed by atoms with Crippen LogP contribution in [0.5, 0.6) is 5.75 Å². The van der Waals surface area contributed by atoms with Crippen LogP contribution in [0.15, 0.2) is 54.6 Å². The maximum Gasteiger partial charge on any atom is 0.189 e. The zero-order chi connectivity index (χ0) is 18.6. The fourth-order valence-corrected chi connectivity index (χ4v) is 2.58. The van der Waals surface area contributed by atoms with E-state index < -0.39 is 11.6 Å². The topological polar surface area (TPSA) is 31.0 Å². The molecule has 0 N–H and O–H groups in total. The van der Waals surface area contributed by atoms with Gasteiger partial charge in [0.25, 0.3) is 0 Å². The number of ether oxygens (including phenoxy) is 3. The number of benzene rings is 3. The second-order valence-electron chi connectivity index (χ2n) is 6.16. The Labute approximate surface area is 155 Å². The summed E-state index contributed by atoms with van der Waals surface area (Å²) in [5, 5.41) is 0.860. The first-order valence-electron chi connectivity index (χ1n) is 8.51. The van der Waals surface area contributed by atoms with Gasteiger partial charge in [0.1, 0.15) is 11.9 Å². The lowest BCUT2D eigenvalue weighted by Crippen LogP contribution is -2.07. The Morgan fingerprint density at radius 1 is 0.963 bits per heavy atom. The average molecular weight is 366 g/mol. The van der Waals surface area contributed by atoms with E-state index in [1.807, 2.05) is 24.3 Å². The Hall–Kier alpha value is -2.94. The zero-order valence-corrected chi connectivity index (χ0v) is 14.4. The zero-order valence-electron chi connectivity index (χ0n) is 14.4.